The number of carboxylic acid groups (broad SMARTS) is 1. The van der Waals surface area contributed by atoms with Crippen LogP contribution in [0.4, 0.5) is 10.5 Å². The van der Waals surface area contributed by atoms with Crippen molar-refractivity contribution in [2.75, 3.05) is 5.32 Å². The first-order valence-electron chi connectivity index (χ1n) is 7.02. The number of halogens is 1. The van der Waals surface area contributed by atoms with E-state index in [0.717, 1.165) is 25.7 Å². The molecular weight excluding hydrogens is 292 g/mol. The molecule has 0 atom stereocenters. The number of carboxylic acids is 1. The molecule has 0 unspecified atom stereocenters. The van der Waals surface area contributed by atoms with Gasteiger partial charge >= 0.3 is 12.0 Å². The minimum absolute atomic E-state index is 0.0170. The third-order valence-corrected chi connectivity index (χ3v) is 4.07. The fraction of sp³-hybridized carbons (Fsp3) is 0.467. The average Bonchev–Trinajstić information content (AvgIpc) is 2.38. The molecule has 1 saturated carbocycles. The maximum absolute atomic E-state index is 12.1. The maximum atomic E-state index is 12.1. The molecule has 0 bridgehead atoms. The van der Waals surface area contributed by atoms with Gasteiger partial charge in [0.25, 0.3) is 0 Å². The lowest BCUT2D eigenvalue weighted by Crippen LogP contribution is -2.49. The number of carbonyl (C=O) groups excluding carboxylic acids is 1. The minimum atomic E-state index is -1.11. The lowest BCUT2D eigenvalue weighted by Gasteiger charge is -2.34. The molecule has 0 radical (unpaired) electrons. The third kappa shape index (κ3) is 4.11. The Morgan fingerprint density at radius 1 is 1.24 bits per heavy atom. The highest BCUT2D eigenvalue weighted by Crippen LogP contribution is 2.28. The molecular formula is C15H19ClN2O3. The molecule has 2 amide bonds. The molecule has 2 rings (SSSR count). The van der Waals surface area contributed by atoms with Crippen molar-refractivity contribution in [3.8, 4) is 0 Å². The summed E-state index contributed by atoms with van der Waals surface area (Å²) >= 11 is 5.86. The van der Waals surface area contributed by atoms with Crippen LogP contribution in [0.15, 0.2) is 18.2 Å². The normalized spacial score (nSPS) is 17.0. The molecule has 0 saturated heterocycles. The van der Waals surface area contributed by atoms with Gasteiger partial charge in [-0.25, -0.2) is 9.59 Å². The van der Waals surface area contributed by atoms with E-state index in [1.165, 1.54) is 24.6 Å². The Hall–Kier alpha value is -1.75. The summed E-state index contributed by atoms with van der Waals surface area (Å²) < 4.78 is 0. The standard InChI is InChI=1S/C15H19ClN2O3/c1-15(7-3-2-4-8-15)18-14(21)17-12-9-10(16)5-6-11(12)13(19)20/h5-6,9H,2-4,7-8H2,1H3,(H,19,20)(H2,17,18,21). The van der Waals surface area contributed by atoms with Crippen molar-refractivity contribution < 1.29 is 14.7 Å². The zero-order valence-electron chi connectivity index (χ0n) is 11.9. The highest BCUT2D eigenvalue weighted by molar-refractivity contribution is 6.31. The molecule has 6 heteroatoms. The number of aromatic carboxylic acids is 1. The van der Waals surface area contributed by atoms with Crippen molar-refractivity contribution in [3.05, 3.63) is 28.8 Å². The van der Waals surface area contributed by atoms with E-state index in [-0.39, 0.29) is 16.8 Å². The van der Waals surface area contributed by atoms with Crippen molar-refractivity contribution in [1.82, 2.24) is 5.32 Å². The zero-order valence-corrected chi connectivity index (χ0v) is 12.7. The number of amides is 2. The first-order chi connectivity index (χ1) is 9.89. The second kappa shape index (κ2) is 6.35. The van der Waals surface area contributed by atoms with Gasteiger partial charge in [-0.1, -0.05) is 30.9 Å². The Labute approximate surface area is 128 Å². The fourth-order valence-electron chi connectivity index (χ4n) is 2.69. The highest BCUT2D eigenvalue weighted by Gasteiger charge is 2.28. The Morgan fingerprint density at radius 3 is 2.52 bits per heavy atom. The van der Waals surface area contributed by atoms with Gasteiger partial charge in [0, 0.05) is 10.6 Å². The summed E-state index contributed by atoms with van der Waals surface area (Å²) in [6.45, 7) is 2.02. The highest BCUT2D eigenvalue weighted by atomic mass is 35.5. The van der Waals surface area contributed by atoms with Crippen LogP contribution in [0.1, 0.15) is 49.4 Å². The number of hydrogen-bond donors (Lipinski definition) is 3. The van der Waals surface area contributed by atoms with Crippen molar-refractivity contribution in [1.29, 1.82) is 0 Å². The monoisotopic (exact) mass is 310 g/mol. The Morgan fingerprint density at radius 2 is 1.90 bits per heavy atom. The van der Waals surface area contributed by atoms with Crippen molar-refractivity contribution in [3.63, 3.8) is 0 Å². The predicted octanol–water partition coefficient (Wildman–Crippen LogP) is 3.88. The van der Waals surface area contributed by atoms with E-state index in [1.54, 1.807) is 0 Å². The molecule has 1 aliphatic rings. The van der Waals surface area contributed by atoms with Crippen LogP contribution in [-0.2, 0) is 0 Å². The molecule has 1 fully saturated rings. The Bertz CT molecular complexity index is 554. The van der Waals surface area contributed by atoms with E-state index < -0.39 is 12.0 Å². The molecule has 21 heavy (non-hydrogen) atoms. The van der Waals surface area contributed by atoms with Crippen LogP contribution in [0.2, 0.25) is 5.02 Å². The second-order valence-electron chi connectivity index (χ2n) is 5.70. The molecule has 0 aromatic heterocycles. The molecule has 5 nitrogen and oxygen atoms in total. The van der Waals surface area contributed by atoms with E-state index >= 15 is 0 Å². The van der Waals surface area contributed by atoms with Crippen molar-refractivity contribution in [2.24, 2.45) is 0 Å². The van der Waals surface area contributed by atoms with E-state index in [0.29, 0.717) is 5.02 Å². The molecule has 0 aliphatic heterocycles. The summed E-state index contributed by atoms with van der Waals surface area (Å²) in [6.07, 6.45) is 5.24. The number of hydrogen-bond acceptors (Lipinski definition) is 2. The number of carbonyl (C=O) groups is 2. The Balaban J connectivity index is 2.09. The van der Waals surface area contributed by atoms with E-state index in [2.05, 4.69) is 10.6 Å². The topological polar surface area (TPSA) is 78.4 Å². The fourth-order valence-corrected chi connectivity index (χ4v) is 2.86. The summed E-state index contributed by atoms with van der Waals surface area (Å²) in [4.78, 5) is 23.3. The lowest BCUT2D eigenvalue weighted by molar-refractivity contribution is 0.0698. The summed E-state index contributed by atoms with van der Waals surface area (Å²) in [7, 11) is 0. The van der Waals surface area contributed by atoms with Crippen LogP contribution < -0.4 is 10.6 Å². The van der Waals surface area contributed by atoms with Crippen LogP contribution in [-0.4, -0.2) is 22.6 Å². The molecule has 3 N–H and O–H groups in total. The van der Waals surface area contributed by atoms with Crippen LogP contribution >= 0.6 is 11.6 Å². The summed E-state index contributed by atoms with van der Waals surface area (Å²) in [5, 5.41) is 15.0. The quantitative estimate of drug-likeness (QED) is 0.792. The maximum Gasteiger partial charge on any atom is 0.337 e. The number of benzene rings is 1. The predicted molar refractivity (Wildman–Crippen MR) is 82.1 cm³/mol. The van der Waals surface area contributed by atoms with E-state index in [9.17, 15) is 9.59 Å². The van der Waals surface area contributed by atoms with Crippen LogP contribution in [0.3, 0.4) is 0 Å². The molecule has 1 aromatic rings. The van der Waals surface area contributed by atoms with Gasteiger partial charge in [0.2, 0.25) is 0 Å². The minimum Gasteiger partial charge on any atom is -0.478 e. The van der Waals surface area contributed by atoms with Crippen LogP contribution in [0, 0.1) is 0 Å². The van der Waals surface area contributed by atoms with Gasteiger partial charge in [-0.15, -0.1) is 0 Å². The van der Waals surface area contributed by atoms with E-state index in [1.807, 2.05) is 6.92 Å². The van der Waals surface area contributed by atoms with Gasteiger partial charge in [0.15, 0.2) is 0 Å². The Kier molecular flexibility index (Phi) is 4.73. The molecule has 0 spiro atoms. The number of nitrogens with one attached hydrogen (secondary N) is 2. The van der Waals surface area contributed by atoms with Gasteiger partial charge in [-0.3, -0.25) is 0 Å². The van der Waals surface area contributed by atoms with Gasteiger partial charge < -0.3 is 15.7 Å². The molecule has 1 aromatic carbocycles. The summed E-state index contributed by atoms with van der Waals surface area (Å²) in [5.41, 5.74) is -0.0140. The van der Waals surface area contributed by atoms with Crippen molar-refractivity contribution >= 4 is 29.3 Å². The summed E-state index contributed by atoms with van der Waals surface area (Å²) in [6, 6.07) is 3.90. The smallest absolute Gasteiger partial charge is 0.337 e. The molecule has 0 heterocycles. The number of anilines is 1. The third-order valence-electron chi connectivity index (χ3n) is 3.83. The average molecular weight is 311 g/mol. The van der Waals surface area contributed by atoms with E-state index in [4.69, 9.17) is 16.7 Å². The summed E-state index contributed by atoms with van der Waals surface area (Å²) in [5.74, 6) is -1.11. The number of rotatable bonds is 3. The van der Waals surface area contributed by atoms with Crippen LogP contribution in [0.25, 0.3) is 0 Å². The van der Waals surface area contributed by atoms with Gasteiger partial charge in [-0.2, -0.15) is 0 Å². The lowest BCUT2D eigenvalue weighted by atomic mass is 9.83. The van der Waals surface area contributed by atoms with Crippen LogP contribution in [0.5, 0.6) is 0 Å². The first kappa shape index (κ1) is 15.6. The van der Waals surface area contributed by atoms with Gasteiger partial charge in [0.05, 0.1) is 11.3 Å². The molecule has 1 aliphatic carbocycles. The SMILES string of the molecule is CC1(NC(=O)Nc2cc(Cl)ccc2C(=O)O)CCCCC1. The van der Waals surface area contributed by atoms with Gasteiger partial charge in [0.1, 0.15) is 0 Å². The largest absolute Gasteiger partial charge is 0.478 e. The molecule has 114 valence electrons. The van der Waals surface area contributed by atoms with Crippen molar-refractivity contribution in [2.45, 2.75) is 44.6 Å². The zero-order chi connectivity index (χ0) is 15.5. The second-order valence-corrected chi connectivity index (χ2v) is 6.13. The van der Waals surface area contributed by atoms with Gasteiger partial charge in [-0.05, 0) is 38.0 Å². The number of urea groups is 1. The first-order valence-corrected chi connectivity index (χ1v) is 7.39.